The minimum atomic E-state index is -0.0316. The molecule has 2 rings (SSSR count). The predicted octanol–water partition coefficient (Wildman–Crippen LogP) is 1.74. The van der Waals surface area contributed by atoms with Gasteiger partial charge in [-0.2, -0.15) is 0 Å². The van der Waals surface area contributed by atoms with E-state index in [9.17, 15) is 0 Å². The number of benzene rings is 1. The standard InChI is InChI=1S/C13H14N2O2/c14-13-6-5-10(7-15-13)9-17-12-4-2-1-3-11(12)8-16/h1-7,16H,8-9H2,(H2,14,15). The summed E-state index contributed by atoms with van der Waals surface area (Å²) in [7, 11) is 0. The highest BCUT2D eigenvalue weighted by Gasteiger charge is 2.02. The third-order valence-corrected chi connectivity index (χ3v) is 2.38. The summed E-state index contributed by atoms with van der Waals surface area (Å²) in [6.07, 6.45) is 1.68. The SMILES string of the molecule is Nc1ccc(COc2ccccc2CO)cn1. The van der Waals surface area contributed by atoms with E-state index in [1.54, 1.807) is 12.3 Å². The van der Waals surface area contributed by atoms with Gasteiger partial charge in [-0.15, -0.1) is 0 Å². The zero-order valence-electron chi connectivity index (χ0n) is 9.34. The van der Waals surface area contributed by atoms with Gasteiger partial charge in [0.2, 0.25) is 0 Å². The zero-order valence-corrected chi connectivity index (χ0v) is 9.34. The molecular weight excluding hydrogens is 216 g/mol. The molecule has 3 N–H and O–H groups in total. The second kappa shape index (κ2) is 5.32. The van der Waals surface area contributed by atoms with Crippen LogP contribution in [0.25, 0.3) is 0 Å². The summed E-state index contributed by atoms with van der Waals surface area (Å²) in [6.45, 7) is 0.375. The van der Waals surface area contributed by atoms with E-state index in [1.165, 1.54) is 0 Å². The number of para-hydroxylation sites is 1. The lowest BCUT2D eigenvalue weighted by Gasteiger charge is -2.09. The van der Waals surface area contributed by atoms with Gasteiger partial charge in [-0.05, 0) is 12.1 Å². The number of ether oxygens (including phenoxy) is 1. The number of hydrogen-bond acceptors (Lipinski definition) is 4. The van der Waals surface area contributed by atoms with Crippen molar-refractivity contribution in [3.8, 4) is 5.75 Å². The quantitative estimate of drug-likeness (QED) is 0.839. The number of rotatable bonds is 4. The molecule has 1 heterocycles. The van der Waals surface area contributed by atoms with Gasteiger partial charge < -0.3 is 15.6 Å². The minimum absolute atomic E-state index is 0.0316. The number of aliphatic hydroxyl groups is 1. The van der Waals surface area contributed by atoms with Crippen molar-refractivity contribution in [2.75, 3.05) is 5.73 Å². The molecule has 0 radical (unpaired) electrons. The molecule has 0 unspecified atom stereocenters. The van der Waals surface area contributed by atoms with E-state index in [0.29, 0.717) is 18.2 Å². The van der Waals surface area contributed by atoms with Crippen LogP contribution >= 0.6 is 0 Å². The van der Waals surface area contributed by atoms with Crippen LogP contribution in [-0.2, 0) is 13.2 Å². The number of nitrogens with two attached hydrogens (primary N) is 1. The van der Waals surface area contributed by atoms with Gasteiger partial charge in [-0.1, -0.05) is 24.3 Å². The van der Waals surface area contributed by atoms with Gasteiger partial charge in [-0.25, -0.2) is 4.98 Å². The number of pyridine rings is 1. The molecule has 0 aliphatic heterocycles. The van der Waals surface area contributed by atoms with Crippen molar-refractivity contribution >= 4 is 5.82 Å². The Balaban J connectivity index is 2.04. The Morgan fingerprint density at radius 1 is 1.18 bits per heavy atom. The van der Waals surface area contributed by atoms with Crippen LogP contribution in [0.15, 0.2) is 42.6 Å². The van der Waals surface area contributed by atoms with E-state index >= 15 is 0 Å². The molecule has 0 saturated carbocycles. The van der Waals surface area contributed by atoms with E-state index in [4.69, 9.17) is 15.6 Å². The summed E-state index contributed by atoms with van der Waals surface area (Å²) in [4.78, 5) is 3.98. The topological polar surface area (TPSA) is 68.4 Å². The monoisotopic (exact) mass is 230 g/mol. The van der Waals surface area contributed by atoms with Gasteiger partial charge in [0.25, 0.3) is 0 Å². The maximum atomic E-state index is 9.14. The average molecular weight is 230 g/mol. The summed E-state index contributed by atoms with van der Waals surface area (Å²) < 4.78 is 5.61. The maximum Gasteiger partial charge on any atom is 0.125 e. The van der Waals surface area contributed by atoms with Crippen molar-refractivity contribution in [2.45, 2.75) is 13.2 Å². The van der Waals surface area contributed by atoms with E-state index in [1.807, 2.05) is 30.3 Å². The van der Waals surface area contributed by atoms with Crippen LogP contribution in [0.5, 0.6) is 5.75 Å². The smallest absolute Gasteiger partial charge is 0.125 e. The van der Waals surface area contributed by atoms with E-state index < -0.39 is 0 Å². The highest BCUT2D eigenvalue weighted by atomic mass is 16.5. The van der Waals surface area contributed by atoms with Gasteiger partial charge in [0, 0.05) is 17.3 Å². The Kier molecular flexibility index (Phi) is 3.57. The van der Waals surface area contributed by atoms with Crippen molar-refractivity contribution in [3.63, 3.8) is 0 Å². The van der Waals surface area contributed by atoms with Crippen LogP contribution in [0.3, 0.4) is 0 Å². The number of aliphatic hydroxyl groups excluding tert-OH is 1. The summed E-state index contributed by atoms with van der Waals surface area (Å²) >= 11 is 0. The fourth-order valence-corrected chi connectivity index (χ4v) is 1.46. The third kappa shape index (κ3) is 2.95. The molecule has 0 aliphatic rings. The highest BCUT2D eigenvalue weighted by molar-refractivity contribution is 5.33. The zero-order chi connectivity index (χ0) is 12.1. The normalized spacial score (nSPS) is 10.2. The fraction of sp³-hybridized carbons (Fsp3) is 0.154. The number of nitrogen functional groups attached to an aromatic ring is 1. The molecule has 0 fully saturated rings. The number of anilines is 1. The molecule has 4 heteroatoms. The van der Waals surface area contributed by atoms with Gasteiger partial charge in [0.1, 0.15) is 18.2 Å². The summed E-state index contributed by atoms with van der Waals surface area (Å²) in [5.74, 6) is 1.18. The van der Waals surface area contributed by atoms with Crippen LogP contribution in [0.4, 0.5) is 5.82 Å². The first-order valence-electron chi connectivity index (χ1n) is 5.31. The highest BCUT2D eigenvalue weighted by Crippen LogP contribution is 2.19. The summed E-state index contributed by atoms with van der Waals surface area (Å²) in [6, 6.07) is 11.0. The van der Waals surface area contributed by atoms with Gasteiger partial charge >= 0.3 is 0 Å². The first-order chi connectivity index (χ1) is 8.29. The Labute approximate surface area is 99.7 Å². The maximum absolute atomic E-state index is 9.14. The fourth-order valence-electron chi connectivity index (χ4n) is 1.46. The van der Waals surface area contributed by atoms with Crippen molar-refractivity contribution in [2.24, 2.45) is 0 Å². The van der Waals surface area contributed by atoms with E-state index in [0.717, 1.165) is 11.1 Å². The molecule has 1 aromatic carbocycles. The second-order valence-corrected chi connectivity index (χ2v) is 3.65. The molecule has 2 aromatic rings. The minimum Gasteiger partial charge on any atom is -0.488 e. The number of nitrogens with zero attached hydrogens (tertiary/aromatic N) is 1. The van der Waals surface area contributed by atoms with Gasteiger partial charge in [0.05, 0.1) is 6.61 Å². The molecule has 17 heavy (non-hydrogen) atoms. The molecule has 4 nitrogen and oxygen atoms in total. The molecule has 0 spiro atoms. The van der Waals surface area contributed by atoms with Crippen LogP contribution in [0, 0.1) is 0 Å². The summed E-state index contributed by atoms with van der Waals surface area (Å²) in [5, 5.41) is 9.14. The van der Waals surface area contributed by atoms with Crippen LogP contribution in [-0.4, -0.2) is 10.1 Å². The molecule has 0 saturated heterocycles. The van der Waals surface area contributed by atoms with Crippen molar-refractivity contribution in [1.29, 1.82) is 0 Å². The number of aromatic nitrogens is 1. The molecule has 0 atom stereocenters. The van der Waals surface area contributed by atoms with Crippen LogP contribution in [0.1, 0.15) is 11.1 Å². The first kappa shape index (κ1) is 11.4. The third-order valence-electron chi connectivity index (χ3n) is 2.38. The largest absolute Gasteiger partial charge is 0.488 e. The van der Waals surface area contributed by atoms with Crippen molar-refractivity contribution in [3.05, 3.63) is 53.7 Å². The Morgan fingerprint density at radius 3 is 2.71 bits per heavy atom. The Hall–Kier alpha value is -2.07. The van der Waals surface area contributed by atoms with E-state index in [2.05, 4.69) is 4.98 Å². The molecule has 0 amide bonds. The molecule has 0 aliphatic carbocycles. The van der Waals surface area contributed by atoms with Crippen molar-refractivity contribution < 1.29 is 9.84 Å². The predicted molar refractivity (Wildman–Crippen MR) is 65.3 cm³/mol. The van der Waals surface area contributed by atoms with Crippen LogP contribution < -0.4 is 10.5 Å². The van der Waals surface area contributed by atoms with Crippen molar-refractivity contribution in [1.82, 2.24) is 4.98 Å². The second-order valence-electron chi connectivity index (χ2n) is 3.65. The molecule has 1 aromatic heterocycles. The average Bonchev–Trinajstić information content (AvgIpc) is 2.38. The molecule has 0 bridgehead atoms. The van der Waals surface area contributed by atoms with Gasteiger partial charge in [0.15, 0.2) is 0 Å². The first-order valence-corrected chi connectivity index (χ1v) is 5.31. The number of hydrogen-bond donors (Lipinski definition) is 2. The molecular formula is C13H14N2O2. The lowest BCUT2D eigenvalue weighted by molar-refractivity contribution is 0.259. The van der Waals surface area contributed by atoms with E-state index in [-0.39, 0.29) is 6.61 Å². The summed E-state index contributed by atoms with van der Waals surface area (Å²) in [5.41, 5.74) is 7.21. The Morgan fingerprint density at radius 2 is 2.00 bits per heavy atom. The molecule has 88 valence electrons. The lowest BCUT2D eigenvalue weighted by atomic mass is 10.2. The lowest BCUT2D eigenvalue weighted by Crippen LogP contribution is -1.99. The van der Waals surface area contributed by atoms with Crippen LogP contribution in [0.2, 0.25) is 0 Å². The Bertz CT molecular complexity index is 483. The van der Waals surface area contributed by atoms with Gasteiger partial charge in [-0.3, -0.25) is 0 Å².